The second kappa shape index (κ2) is 8.14. The molecule has 8 nitrogen and oxygen atoms in total. The molecule has 4 rings (SSSR count). The van der Waals surface area contributed by atoms with Crippen molar-refractivity contribution in [2.24, 2.45) is 5.41 Å². The number of carbonyl (C=O) groups is 1. The Bertz CT molecular complexity index is 1070. The highest BCUT2D eigenvalue weighted by Gasteiger charge is 2.43. The summed E-state index contributed by atoms with van der Waals surface area (Å²) in [6.07, 6.45) is 5.75. The minimum absolute atomic E-state index is 0.163. The Morgan fingerprint density at radius 3 is 2.58 bits per heavy atom. The number of hydrogen-bond donors (Lipinski definition) is 2. The summed E-state index contributed by atoms with van der Waals surface area (Å²) in [6.45, 7) is 5.31. The average Bonchev–Trinajstić information content (AvgIpc) is 3.17. The fraction of sp³-hybridized carbons (Fsp3) is 0.571. The van der Waals surface area contributed by atoms with Crippen LogP contribution in [0, 0.1) is 5.41 Å². The Labute approximate surface area is 186 Å². The average molecular weight is 465 g/mol. The van der Waals surface area contributed by atoms with Crippen molar-refractivity contribution in [3.63, 3.8) is 0 Å². The second-order valence-corrected chi connectivity index (χ2v) is 12.2. The van der Waals surface area contributed by atoms with Gasteiger partial charge in [-0.05, 0) is 31.7 Å². The van der Waals surface area contributed by atoms with Crippen LogP contribution in [0.1, 0.15) is 70.9 Å². The van der Waals surface area contributed by atoms with Crippen molar-refractivity contribution < 1.29 is 17.9 Å². The third kappa shape index (κ3) is 4.75. The number of nitrogens with one attached hydrogen (secondary N) is 2. The Hall–Kier alpha value is -2.04. The molecule has 10 heteroatoms. The highest BCUT2D eigenvalue weighted by molar-refractivity contribution is 7.91. The molecule has 0 saturated heterocycles. The summed E-state index contributed by atoms with van der Waals surface area (Å²) in [5, 5.41) is 10.5. The largest absolute Gasteiger partial charge is 0.487 e. The topological polar surface area (TPSA) is 110 Å². The number of benzene rings is 1. The molecule has 0 radical (unpaired) electrons. The number of para-hydroxylation sites is 1. The number of aromatic nitrogens is 2. The van der Waals surface area contributed by atoms with E-state index in [0.717, 1.165) is 48.3 Å². The predicted octanol–water partition coefficient (Wildman–Crippen LogP) is 4.03. The van der Waals surface area contributed by atoms with Crippen molar-refractivity contribution in [2.45, 2.75) is 75.3 Å². The van der Waals surface area contributed by atoms with Gasteiger partial charge in [-0.3, -0.25) is 4.79 Å². The van der Waals surface area contributed by atoms with Crippen LogP contribution in [-0.4, -0.2) is 30.1 Å². The zero-order valence-electron chi connectivity index (χ0n) is 18.0. The Morgan fingerprint density at radius 2 is 1.87 bits per heavy atom. The molecule has 1 spiro atoms. The summed E-state index contributed by atoms with van der Waals surface area (Å²) in [7, 11) is -3.92. The number of fused-ring (bicyclic) bond motifs is 1. The molecule has 1 aliphatic heterocycles. The molecular formula is C21H28N4O4S2. The highest BCUT2D eigenvalue weighted by Crippen LogP contribution is 2.46. The first kappa shape index (κ1) is 22.2. The number of sulfonamides is 1. The lowest BCUT2D eigenvalue weighted by Gasteiger charge is -2.44. The number of carbonyl (C=O) groups excluding carboxylic acids is 1. The minimum Gasteiger partial charge on any atom is -0.487 e. The number of amides is 1. The van der Waals surface area contributed by atoms with Crippen LogP contribution >= 0.6 is 11.3 Å². The van der Waals surface area contributed by atoms with Crippen LogP contribution in [0.25, 0.3) is 0 Å². The van der Waals surface area contributed by atoms with E-state index in [1.807, 2.05) is 24.3 Å². The molecule has 2 N–H and O–H groups in total. The van der Waals surface area contributed by atoms with Gasteiger partial charge in [0.2, 0.25) is 15.4 Å². The van der Waals surface area contributed by atoms with Gasteiger partial charge in [0.15, 0.2) is 0 Å². The van der Waals surface area contributed by atoms with E-state index >= 15 is 0 Å². The first-order valence-corrected chi connectivity index (χ1v) is 12.8. The van der Waals surface area contributed by atoms with E-state index in [4.69, 9.17) is 4.74 Å². The molecule has 1 saturated carbocycles. The number of ether oxygens (including phenoxy) is 1. The van der Waals surface area contributed by atoms with Crippen molar-refractivity contribution in [3.8, 4) is 5.75 Å². The van der Waals surface area contributed by atoms with Gasteiger partial charge in [-0.2, -0.15) is 0 Å². The zero-order chi connectivity index (χ0) is 22.3. The van der Waals surface area contributed by atoms with E-state index in [1.165, 1.54) is 6.42 Å². The molecule has 2 heterocycles. The molecule has 2 aliphatic rings. The smallest absolute Gasteiger partial charge is 0.270 e. The van der Waals surface area contributed by atoms with Crippen molar-refractivity contribution >= 4 is 32.4 Å². The minimum atomic E-state index is -3.92. The van der Waals surface area contributed by atoms with Gasteiger partial charge in [0.1, 0.15) is 11.4 Å². The Morgan fingerprint density at radius 1 is 1.16 bits per heavy atom. The fourth-order valence-electron chi connectivity index (χ4n) is 4.12. The maximum atomic E-state index is 13.1. The van der Waals surface area contributed by atoms with Crippen LogP contribution in [0.3, 0.4) is 0 Å². The lowest BCUT2D eigenvalue weighted by atomic mass is 9.77. The molecule has 1 unspecified atom stereocenters. The van der Waals surface area contributed by atoms with Gasteiger partial charge < -0.3 is 10.1 Å². The second-order valence-electron chi connectivity index (χ2n) is 9.34. The third-order valence-corrected chi connectivity index (χ3v) is 8.48. The number of hydrogen-bond acceptors (Lipinski definition) is 7. The lowest BCUT2D eigenvalue weighted by molar-refractivity contribution is -0.123. The molecule has 1 atom stereocenters. The first-order valence-electron chi connectivity index (χ1n) is 10.5. The molecule has 1 fully saturated rings. The quantitative estimate of drug-likeness (QED) is 0.661. The SMILES string of the molecule is CC(C)(C)C(=O)Nc1nnc(S(=O)(=O)NC2CC3(CCCCC3)Oc3ccccc32)s1. The van der Waals surface area contributed by atoms with Gasteiger partial charge in [0, 0.05) is 17.4 Å². The summed E-state index contributed by atoms with van der Waals surface area (Å²) in [4.78, 5) is 12.2. The van der Waals surface area contributed by atoms with Crippen LogP contribution in [-0.2, 0) is 14.8 Å². The van der Waals surface area contributed by atoms with Gasteiger partial charge in [-0.1, -0.05) is 56.7 Å². The standard InChI is InChI=1S/C21H28N4O4S2/c1-20(2,3)17(26)22-18-23-24-19(30-18)31(27,28)25-15-13-21(11-7-4-8-12-21)29-16-10-6-5-9-14(15)16/h5-6,9-10,15,25H,4,7-8,11-13H2,1-3H3,(H,22,23,26). The van der Waals surface area contributed by atoms with Crippen molar-refractivity contribution in [3.05, 3.63) is 29.8 Å². The predicted molar refractivity (Wildman–Crippen MR) is 119 cm³/mol. The molecule has 31 heavy (non-hydrogen) atoms. The molecule has 168 valence electrons. The molecule has 1 aromatic carbocycles. The number of anilines is 1. The van der Waals surface area contributed by atoms with Crippen molar-refractivity contribution in [1.29, 1.82) is 0 Å². The van der Waals surface area contributed by atoms with Gasteiger partial charge in [-0.25, -0.2) is 13.1 Å². The lowest BCUT2D eigenvalue weighted by Crippen LogP contribution is -2.46. The maximum Gasteiger partial charge on any atom is 0.270 e. The van der Waals surface area contributed by atoms with Gasteiger partial charge in [-0.15, -0.1) is 10.2 Å². The molecular weight excluding hydrogens is 436 g/mol. The van der Waals surface area contributed by atoms with Crippen LogP contribution in [0.4, 0.5) is 5.13 Å². The van der Waals surface area contributed by atoms with E-state index in [2.05, 4.69) is 20.2 Å². The Balaban J connectivity index is 1.57. The maximum absolute atomic E-state index is 13.1. The van der Waals surface area contributed by atoms with Crippen molar-refractivity contribution in [2.75, 3.05) is 5.32 Å². The molecule has 2 aromatic rings. The Kier molecular flexibility index (Phi) is 5.82. The summed E-state index contributed by atoms with van der Waals surface area (Å²) >= 11 is 0.845. The van der Waals surface area contributed by atoms with Crippen LogP contribution in [0.2, 0.25) is 0 Å². The van der Waals surface area contributed by atoms with Gasteiger partial charge >= 0.3 is 0 Å². The zero-order valence-corrected chi connectivity index (χ0v) is 19.6. The van der Waals surface area contributed by atoms with Crippen LogP contribution in [0.15, 0.2) is 28.6 Å². The first-order chi connectivity index (χ1) is 14.6. The van der Waals surface area contributed by atoms with E-state index in [9.17, 15) is 13.2 Å². The molecule has 1 aromatic heterocycles. The summed E-state index contributed by atoms with van der Waals surface area (Å²) in [6, 6.07) is 7.17. The molecule has 0 bridgehead atoms. The van der Waals surface area contributed by atoms with E-state index < -0.39 is 21.5 Å². The highest BCUT2D eigenvalue weighted by atomic mass is 32.2. The fourth-order valence-corrected chi connectivity index (χ4v) is 6.24. The van der Waals surface area contributed by atoms with E-state index in [-0.39, 0.29) is 21.0 Å². The molecule has 1 aliphatic carbocycles. The summed E-state index contributed by atoms with van der Waals surface area (Å²) in [5.41, 5.74) is -0.136. The summed E-state index contributed by atoms with van der Waals surface area (Å²) in [5.74, 6) is 0.483. The van der Waals surface area contributed by atoms with Gasteiger partial charge in [0.05, 0.1) is 6.04 Å². The normalized spacial score (nSPS) is 20.7. The van der Waals surface area contributed by atoms with Crippen molar-refractivity contribution in [1.82, 2.24) is 14.9 Å². The van der Waals surface area contributed by atoms with Crippen LogP contribution < -0.4 is 14.8 Å². The van der Waals surface area contributed by atoms with Gasteiger partial charge in [0.25, 0.3) is 10.0 Å². The number of nitrogens with zero attached hydrogens (tertiary/aromatic N) is 2. The monoisotopic (exact) mass is 464 g/mol. The third-order valence-electron chi connectivity index (χ3n) is 5.80. The molecule has 1 amide bonds. The van der Waals surface area contributed by atoms with E-state index in [0.29, 0.717) is 6.42 Å². The number of rotatable bonds is 4. The summed E-state index contributed by atoms with van der Waals surface area (Å²) < 4.78 is 35.3. The van der Waals surface area contributed by atoms with E-state index in [1.54, 1.807) is 20.8 Å². The van der Waals surface area contributed by atoms with Crippen LogP contribution in [0.5, 0.6) is 5.75 Å².